The number of aliphatic hydroxyl groups is 1. The summed E-state index contributed by atoms with van der Waals surface area (Å²) in [5.74, 6) is -0.968. The molecule has 0 bridgehead atoms. The van der Waals surface area contributed by atoms with Gasteiger partial charge in [0.25, 0.3) is 0 Å². The van der Waals surface area contributed by atoms with Gasteiger partial charge in [-0.3, -0.25) is 9.63 Å². The lowest BCUT2D eigenvalue weighted by molar-refractivity contribution is -0.181. The molecule has 5 nitrogen and oxygen atoms in total. The van der Waals surface area contributed by atoms with Crippen LogP contribution in [-0.4, -0.2) is 47.0 Å². The van der Waals surface area contributed by atoms with Crippen LogP contribution in [0, 0.1) is 0 Å². The molecular weight excluding hydrogens is 162 g/mol. The first kappa shape index (κ1) is 11.4. The quantitative estimate of drug-likeness (QED) is 0.545. The standard InChI is InChI=1S/C7H15NO4/c1-3-12-8(4-6(2)9)5-7(10)11/h6,9H,3-5H2,1-2H3,(H,10,11). The van der Waals surface area contributed by atoms with E-state index in [-0.39, 0.29) is 13.1 Å². The van der Waals surface area contributed by atoms with Crippen molar-refractivity contribution in [2.45, 2.75) is 20.0 Å². The molecule has 0 amide bonds. The summed E-state index contributed by atoms with van der Waals surface area (Å²) in [6.07, 6.45) is -0.587. The summed E-state index contributed by atoms with van der Waals surface area (Å²) in [5, 5.41) is 18.6. The van der Waals surface area contributed by atoms with Crippen molar-refractivity contribution >= 4 is 5.97 Å². The zero-order valence-corrected chi connectivity index (χ0v) is 7.36. The van der Waals surface area contributed by atoms with Crippen LogP contribution in [0.15, 0.2) is 0 Å². The predicted molar refractivity (Wildman–Crippen MR) is 42.5 cm³/mol. The van der Waals surface area contributed by atoms with Crippen LogP contribution in [0.5, 0.6) is 0 Å². The maximum absolute atomic E-state index is 10.3. The van der Waals surface area contributed by atoms with Gasteiger partial charge in [-0.15, -0.1) is 0 Å². The number of hydrogen-bond donors (Lipinski definition) is 2. The summed E-state index contributed by atoms with van der Waals surface area (Å²) in [5.41, 5.74) is 0. The smallest absolute Gasteiger partial charge is 0.320 e. The largest absolute Gasteiger partial charge is 0.480 e. The van der Waals surface area contributed by atoms with Crippen molar-refractivity contribution in [1.82, 2.24) is 5.06 Å². The molecule has 0 spiro atoms. The minimum atomic E-state index is -0.968. The zero-order chi connectivity index (χ0) is 9.56. The summed E-state index contributed by atoms with van der Waals surface area (Å²) in [4.78, 5) is 15.2. The molecule has 0 aliphatic rings. The fraction of sp³-hybridized carbons (Fsp3) is 0.857. The zero-order valence-electron chi connectivity index (χ0n) is 7.36. The van der Waals surface area contributed by atoms with Gasteiger partial charge in [-0.1, -0.05) is 0 Å². The molecule has 0 saturated carbocycles. The maximum Gasteiger partial charge on any atom is 0.320 e. The fourth-order valence-electron chi connectivity index (χ4n) is 0.791. The monoisotopic (exact) mass is 177 g/mol. The Balaban J connectivity index is 3.77. The summed E-state index contributed by atoms with van der Waals surface area (Å²) in [6, 6.07) is 0. The molecule has 0 fully saturated rings. The number of aliphatic hydroxyl groups excluding tert-OH is 1. The molecule has 0 aliphatic carbocycles. The van der Waals surface area contributed by atoms with E-state index in [2.05, 4.69) is 0 Å². The second kappa shape index (κ2) is 5.93. The van der Waals surface area contributed by atoms with Gasteiger partial charge in [0.2, 0.25) is 0 Å². The Morgan fingerprint density at radius 3 is 2.58 bits per heavy atom. The summed E-state index contributed by atoms with van der Waals surface area (Å²) < 4.78 is 0. The number of rotatable bonds is 6. The van der Waals surface area contributed by atoms with E-state index in [9.17, 15) is 4.79 Å². The number of carbonyl (C=O) groups is 1. The molecule has 2 N–H and O–H groups in total. The number of aliphatic carboxylic acids is 1. The normalized spacial score (nSPS) is 13.3. The highest BCUT2D eigenvalue weighted by atomic mass is 16.7. The van der Waals surface area contributed by atoms with Gasteiger partial charge in [0, 0.05) is 0 Å². The van der Waals surface area contributed by atoms with Crippen molar-refractivity contribution in [3.8, 4) is 0 Å². The molecule has 5 heteroatoms. The Morgan fingerprint density at radius 1 is 1.67 bits per heavy atom. The van der Waals surface area contributed by atoms with Crippen LogP contribution in [0.25, 0.3) is 0 Å². The van der Waals surface area contributed by atoms with E-state index in [0.717, 1.165) is 0 Å². The Bertz CT molecular complexity index is 137. The third-order valence-electron chi connectivity index (χ3n) is 1.09. The van der Waals surface area contributed by atoms with Crippen molar-refractivity contribution in [2.75, 3.05) is 19.7 Å². The van der Waals surface area contributed by atoms with E-state index in [1.807, 2.05) is 0 Å². The van der Waals surface area contributed by atoms with Gasteiger partial charge in [-0.05, 0) is 13.8 Å². The molecule has 0 saturated heterocycles. The van der Waals surface area contributed by atoms with Crippen molar-refractivity contribution in [1.29, 1.82) is 0 Å². The topological polar surface area (TPSA) is 70.0 Å². The van der Waals surface area contributed by atoms with Crippen molar-refractivity contribution in [2.24, 2.45) is 0 Å². The predicted octanol–water partition coefficient (Wildman–Crippen LogP) is -0.295. The first-order valence-electron chi connectivity index (χ1n) is 3.84. The average molecular weight is 177 g/mol. The SMILES string of the molecule is CCON(CC(=O)O)CC(C)O. The third kappa shape index (κ3) is 6.09. The molecule has 12 heavy (non-hydrogen) atoms. The molecule has 1 atom stereocenters. The van der Waals surface area contributed by atoms with Crippen LogP contribution in [0.4, 0.5) is 0 Å². The van der Waals surface area contributed by atoms with E-state index < -0.39 is 12.1 Å². The van der Waals surface area contributed by atoms with Gasteiger partial charge >= 0.3 is 5.97 Å². The Morgan fingerprint density at radius 2 is 2.25 bits per heavy atom. The lowest BCUT2D eigenvalue weighted by Crippen LogP contribution is -2.35. The molecule has 0 rings (SSSR count). The first-order chi connectivity index (χ1) is 5.56. The van der Waals surface area contributed by atoms with Gasteiger partial charge in [0.15, 0.2) is 0 Å². The molecule has 0 aromatic carbocycles. The maximum atomic E-state index is 10.3. The summed E-state index contributed by atoms with van der Waals surface area (Å²) in [7, 11) is 0. The molecule has 0 aromatic rings. The molecule has 1 unspecified atom stereocenters. The second-order valence-electron chi connectivity index (χ2n) is 2.48. The summed E-state index contributed by atoms with van der Waals surface area (Å²) in [6.45, 7) is 3.74. The number of carboxylic acid groups (broad SMARTS) is 1. The first-order valence-corrected chi connectivity index (χ1v) is 3.84. The van der Waals surface area contributed by atoms with E-state index in [1.54, 1.807) is 13.8 Å². The minimum Gasteiger partial charge on any atom is -0.480 e. The van der Waals surface area contributed by atoms with Gasteiger partial charge in [0.05, 0.1) is 19.3 Å². The highest BCUT2D eigenvalue weighted by molar-refractivity contribution is 5.68. The van der Waals surface area contributed by atoms with Crippen molar-refractivity contribution in [3.63, 3.8) is 0 Å². The van der Waals surface area contributed by atoms with Crippen molar-refractivity contribution < 1.29 is 19.8 Å². The summed E-state index contributed by atoms with van der Waals surface area (Å²) >= 11 is 0. The van der Waals surface area contributed by atoms with E-state index in [0.29, 0.717) is 6.61 Å². The van der Waals surface area contributed by atoms with Crippen LogP contribution in [0.1, 0.15) is 13.8 Å². The Labute approximate surface area is 71.5 Å². The van der Waals surface area contributed by atoms with E-state index in [4.69, 9.17) is 15.1 Å². The van der Waals surface area contributed by atoms with Crippen LogP contribution in [-0.2, 0) is 9.63 Å². The average Bonchev–Trinajstić information content (AvgIpc) is 1.84. The van der Waals surface area contributed by atoms with Crippen LogP contribution in [0.2, 0.25) is 0 Å². The van der Waals surface area contributed by atoms with Crippen LogP contribution in [0.3, 0.4) is 0 Å². The van der Waals surface area contributed by atoms with E-state index in [1.165, 1.54) is 5.06 Å². The lowest BCUT2D eigenvalue weighted by atomic mass is 10.4. The number of hydrogen-bond acceptors (Lipinski definition) is 4. The molecule has 72 valence electrons. The van der Waals surface area contributed by atoms with Gasteiger partial charge < -0.3 is 10.2 Å². The molecule has 0 heterocycles. The number of carboxylic acids is 1. The Hall–Kier alpha value is -0.650. The van der Waals surface area contributed by atoms with Gasteiger partial charge in [-0.25, -0.2) is 0 Å². The lowest BCUT2D eigenvalue weighted by Gasteiger charge is -2.19. The van der Waals surface area contributed by atoms with E-state index >= 15 is 0 Å². The van der Waals surface area contributed by atoms with Gasteiger partial charge in [-0.2, -0.15) is 5.06 Å². The second-order valence-corrected chi connectivity index (χ2v) is 2.48. The van der Waals surface area contributed by atoms with Crippen molar-refractivity contribution in [3.05, 3.63) is 0 Å². The molecular formula is C7H15NO4. The Kier molecular flexibility index (Phi) is 5.61. The van der Waals surface area contributed by atoms with Crippen LogP contribution >= 0.6 is 0 Å². The number of nitrogens with zero attached hydrogens (tertiary/aromatic N) is 1. The van der Waals surface area contributed by atoms with Gasteiger partial charge in [0.1, 0.15) is 6.54 Å². The highest BCUT2D eigenvalue weighted by Crippen LogP contribution is 1.93. The molecule has 0 aromatic heterocycles. The number of hydroxylamine groups is 2. The highest BCUT2D eigenvalue weighted by Gasteiger charge is 2.11. The fourth-order valence-corrected chi connectivity index (χ4v) is 0.791. The molecule has 0 radical (unpaired) electrons. The van der Waals surface area contributed by atoms with Crippen LogP contribution < -0.4 is 0 Å². The molecule has 0 aliphatic heterocycles. The third-order valence-corrected chi connectivity index (χ3v) is 1.09. The minimum absolute atomic E-state index is 0.208.